The lowest BCUT2D eigenvalue weighted by atomic mass is 10.2. The largest absolute Gasteiger partial charge is 0.480 e. The molecule has 6 heteroatoms. The van der Waals surface area contributed by atoms with Gasteiger partial charge in [0.05, 0.1) is 5.25 Å². The molecule has 1 heterocycles. The van der Waals surface area contributed by atoms with E-state index >= 15 is 0 Å². The number of nitrogens with two attached hydrogens (primary N) is 1. The summed E-state index contributed by atoms with van der Waals surface area (Å²) in [5, 5.41) is 8.57. The molecule has 1 aliphatic rings. The summed E-state index contributed by atoms with van der Waals surface area (Å²) < 4.78 is 0. The Morgan fingerprint density at radius 2 is 1.84 bits per heavy atom. The van der Waals surface area contributed by atoms with Crippen molar-refractivity contribution < 1.29 is 14.7 Å². The summed E-state index contributed by atoms with van der Waals surface area (Å²) in [5.41, 5.74) is 5.43. The van der Waals surface area contributed by atoms with Crippen molar-refractivity contribution in [2.24, 2.45) is 5.73 Å². The minimum absolute atomic E-state index is 0.112. The maximum absolute atomic E-state index is 12.2. The van der Waals surface area contributed by atoms with Crippen LogP contribution in [0.25, 0.3) is 0 Å². The second kappa shape index (κ2) is 8.43. The van der Waals surface area contributed by atoms with Crippen molar-refractivity contribution in [3.05, 3.63) is 0 Å². The Morgan fingerprint density at radius 1 is 1.26 bits per heavy atom. The van der Waals surface area contributed by atoms with Crippen LogP contribution in [0.4, 0.5) is 0 Å². The normalized spacial score (nSPS) is 19.6. The highest BCUT2D eigenvalue weighted by Gasteiger charge is 2.22. The molecule has 0 aromatic heterocycles. The Balaban J connectivity index is 2.29. The third-order valence-electron chi connectivity index (χ3n) is 3.38. The van der Waals surface area contributed by atoms with Crippen molar-refractivity contribution in [2.45, 2.75) is 50.3 Å². The minimum Gasteiger partial charge on any atom is -0.480 e. The number of nitrogens with zero attached hydrogens (tertiary/aromatic N) is 1. The highest BCUT2D eigenvalue weighted by molar-refractivity contribution is 8.00. The smallest absolute Gasteiger partial charge is 0.320 e. The van der Waals surface area contributed by atoms with Gasteiger partial charge in [0.25, 0.3) is 0 Å². The van der Waals surface area contributed by atoms with E-state index in [-0.39, 0.29) is 11.2 Å². The van der Waals surface area contributed by atoms with E-state index in [0.29, 0.717) is 12.2 Å². The summed E-state index contributed by atoms with van der Waals surface area (Å²) in [7, 11) is 0. The Labute approximate surface area is 118 Å². The van der Waals surface area contributed by atoms with Gasteiger partial charge in [-0.25, -0.2) is 0 Å². The molecule has 19 heavy (non-hydrogen) atoms. The summed E-state index contributed by atoms with van der Waals surface area (Å²) in [5.74, 6) is -0.198. The molecule has 0 radical (unpaired) electrons. The van der Waals surface area contributed by atoms with E-state index in [1.807, 2.05) is 11.8 Å². The fraction of sp³-hybridized carbons (Fsp3) is 0.846. The van der Waals surface area contributed by atoms with Gasteiger partial charge in [-0.1, -0.05) is 12.8 Å². The van der Waals surface area contributed by atoms with Crippen LogP contribution in [-0.2, 0) is 9.59 Å². The van der Waals surface area contributed by atoms with Gasteiger partial charge in [0, 0.05) is 13.1 Å². The van der Waals surface area contributed by atoms with Crippen LogP contribution in [0.5, 0.6) is 0 Å². The number of carboxylic acids is 1. The number of amides is 1. The summed E-state index contributed by atoms with van der Waals surface area (Å²) in [4.78, 5) is 24.7. The number of carbonyl (C=O) groups excluding carboxylic acids is 1. The van der Waals surface area contributed by atoms with E-state index in [2.05, 4.69) is 0 Å². The van der Waals surface area contributed by atoms with Crippen molar-refractivity contribution in [1.29, 1.82) is 0 Å². The van der Waals surface area contributed by atoms with Crippen LogP contribution in [0.15, 0.2) is 0 Å². The van der Waals surface area contributed by atoms with Crippen LogP contribution in [0.3, 0.4) is 0 Å². The predicted molar refractivity (Wildman–Crippen MR) is 77.2 cm³/mol. The van der Waals surface area contributed by atoms with Crippen molar-refractivity contribution in [3.63, 3.8) is 0 Å². The van der Waals surface area contributed by atoms with Crippen molar-refractivity contribution in [3.8, 4) is 0 Å². The molecule has 0 bridgehead atoms. The van der Waals surface area contributed by atoms with Gasteiger partial charge in [0.2, 0.25) is 5.91 Å². The van der Waals surface area contributed by atoms with E-state index in [1.165, 1.54) is 24.6 Å². The average molecular weight is 288 g/mol. The zero-order chi connectivity index (χ0) is 14.3. The molecule has 1 saturated heterocycles. The molecule has 1 fully saturated rings. The minimum atomic E-state index is -0.980. The summed E-state index contributed by atoms with van der Waals surface area (Å²) in [6.45, 7) is 3.61. The Kier molecular flexibility index (Phi) is 7.23. The molecule has 2 unspecified atom stereocenters. The quantitative estimate of drug-likeness (QED) is 0.770. The predicted octanol–water partition coefficient (Wildman–Crippen LogP) is 1.31. The number of rotatable bonds is 6. The van der Waals surface area contributed by atoms with Gasteiger partial charge in [0.1, 0.15) is 6.04 Å². The number of thioether (sulfide) groups is 1. The molecule has 1 rings (SSSR count). The Hall–Kier alpha value is -0.750. The average Bonchev–Trinajstić information content (AvgIpc) is 2.66. The van der Waals surface area contributed by atoms with Gasteiger partial charge in [-0.15, -0.1) is 11.8 Å². The number of likely N-dealkylation sites (tertiary alicyclic amines) is 1. The zero-order valence-electron chi connectivity index (χ0n) is 11.5. The van der Waals surface area contributed by atoms with Crippen LogP contribution in [-0.4, -0.2) is 52.0 Å². The Bertz CT molecular complexity index is 304. The van der Waals surface area contributed by atoms with E-state index < -0.39 is 12.0 Å². The Morgan fingerprint density at radius 3 is 2.37 bits per heavy atom. The highest BCUT2D eigenvalue weighted by Crippen LogP contribution is 2.18. The molecular weight excluding hydrogens is 264 g/mol. The SMILES string of the molecule is CC(SCCC(N)C(=O)O)C(=O)N1CCCCCC1. The van der Waals surface area contributed by atoms with E-state index in [4.69, 9.17) is 10.8 Å². The summed E-state index contributed by atoms with van der Waals surface area (Å²) in [6.07, 6.45) is 5.00. The first-order valence-electron chi connectivity index (χ1n) is 6.91. The standard InChI is InChI=1S/C13H24N2O3S/c1-10(19-9-6-11(14)13(17)18)12(16)15-7-4-2-3-5-8-15/h10-11H,2-9,14H2,1H3,(H,17,18). The molecule has 3 N–H and O–H groups in total. The second-order valence-electron chi connectivity index (χ2n) is 4.99. The second-order valence-corrected chi connectivity index (χ2v) is 6.43. The first-order valence-corrected chi connectivity index (χ1v) is 7.96. The molecule has 1 aliphatic heterocycles. The molecule has 1 amide bonds. The van der Waals surface area contributed by atoms with Gasteiger partial charge in [-0.3, -0.25) is 9.59 Å². The number of carbonyl (C=O) groups is 2. The fourth-order valence-electron chi connectivity index (χ4n) is 2.11. The van der Waals surface area contributed by atoms with E-state index in [0.717, 1.165) is 25.9 Å². The molecule has 2 atom stereocenters. The number of aliphatic carboxylic acids is 1. The number of carboxylic acid groups (broad SMARTS) is 1. The third kappa shape index (κ3) is 5.82. The van der Waals surface area contributed by atoms with E-state index in [1.54, 1.807) is 0 Å². The molecule has 0 aromatic rings. The van der Waals surface area contributed by atoms with Crippen LogP contribution in [0.2, 0.25) is 0 Å². The number of hydrogen-bond acceptors (Lipinski definition) is 4. The lowest BCUT2D eigenvalue weighted by Gasteiger charge is -2.24. The lowest BCUT2D eigenvalue weighted by molar-refractivity contribution is -0.138. The maximum Gasteiger partial charge on any atom is 0.320 e. The van der Waals surface area contributed by atoms with Gasteiger partial charge in [-0.2, -0.15) is 0 Å². The zero-order valence-corrected chi connectivity index (χ0v) is 12.3. The first-order chi connectivity index (χ1) is 9.02. The van der Waals surface area contributed by atoms with Crippen molar-refractivity contribution >= 4 is 23.6 Å². The molecule has 5 nitrogen and oxygen atoms in total. The maximum atomic E-state index is 12.2. The van der Waals surface area contributed by atoms with Crippen LogP contribution in [0.1, 0.15) is 39.0 Å². The lowest BCUT2D eigenvalue weighted by Crippen LogP contribution is -2.37. The van der Waals surface area contributed by atoms with Gasteiger partial charge < -0.3 is 15.7 Å². The molecular formula is C13H24N2O3S. The third-order valence-corrected chi connectivity index (χ3v) is 4.55. The monoisotopic (exact) mass is 288 g/mol. The van der Waals surface area contributed by atoms with Crippen molar-refractivity contribution in [1.82, 2.24) is 4.90 Å². The van der Waals surface area contributed by atoms with Gasteiger partial charge >= 0.3 is 5.97 Å². The van der Waals surface area contributed by atoms with Crippen LogP contribution < -0.4 is 5.73 Å². The summed E-state index contributed by atoms with van der Waals surface area (Å²) in [6, 6.07) is -0.826. The summed E-state index contributed by atoms with van der Waals surface area (Å²) >= 11 is 1.50. The molecule has 0 aliphatic carbocycles. The topological polar surface area (TPSA) is 83.6 Å². The first kappa shape index (κ1) is 16.3. The molecule has 0 aromatic carbocycles. The number of hydrogen-bond donors (Lipinski definition) is 2. The van der Waals surface area contributed by atoms with Gasteiger partial charge in [0.15, 0.2) is 0 Å². The molecule has 0 saturated carbocycles. The molecule has 0 spiro atoms. The fourth-order valence-corrected chi connectivity index (χ4v) is 3.15. The van der Waals surface area contributed by atoms with Crippen molar-refractivity contribution in [2.75, 3.05) is 18.8 Å². The highest BCUT2D eigenvalue weighted by atomic mass is 32.2. The van der Waals surface area contributed by atoms with Gasteiger partial charge in [-0.05, 0) is 31.9 Å². The van der Waals surface area contributed by atoms with Crippen LogP contribution in [0, 0.1) is 0 Å². The van der Waals surface area contributed by atoms with E-state index in [9.17, 15) is 9.59 Å². The molecule has 110 valence electrons. The van der Waals surface area contributed by atoms with Crippen LogP contribution >= 0.6 is 11.8 Å².